The Bertz CT molecular complexity index is 664. The SMILES string of the molecule is COc1ccc(-c2c(C)nc3n2CC(N)CC3)cc1OC. The van der Waals surface area contributed by atoms with Crippen molar-refractivity contribution in [2.75, 3.05) is 14.2 Å². The average molecular weight is 287 g/mol. The van der Waals surface area contributed by atoms with Gasteiger partial charge in [0.1, 0.15) is 5.82 Å². The van der Waals surface area contributed by atoms with Crippen molar-refractivity contribution in [3.05, 3.63) is 29.7 Å². The molecule has 21 heavy (non-hydrogen) atoms. The zero-order valence-corrected chi connectivity index (χ0v) is 12.7. The predicted molar refractivity (Wildman–Crippen MR) is 81.8 cm³/mol. The van der Waals surface area contributed by atoms with Crippen molar-refractivity contribution in [2.24, 2.45) is 5.73 Å². The fraction of sp³-hybridized carbons (Fsp3) is 0.438. The lowest BCUT2D eigenvalue weighted by molar-refractivity contribution is 0.355. The van der Waals surface area contributed by atoms with Crippen molar-refractivity contribution in [3.63, 3.8) is 0 Å². The molecule has 0 bridgehead atoms. The summed E-state index contributed by atoms with van der Waals surface area (Å²) in [5.41, 5.74) is 9.36. The second-order valence-electron chi connectivity index (χ2n) is 5.44. The third-order valence-electron chi connectivity index (χ3n) is 4.03. The lowest BCUT2D eigenvalue weighted by atomic mass is 10.1. The first-order valence-corrected chi connectivity index (χ1v) is 7.18. The summed E-state index contributed by atoms with van der Waals surface area (Å²) in [6.07, 6.45) is 1.94. The molecule has 0 saturated carbocycles. The fourth-order valence-corrected chi connectivity index (χ4v) is 3.01. The molecule has 1 aliphatic rings. The molecule has 5 nitrogen and oxygen atoms in total. The molecule has 0 radical (unpaired) electrons. The highest BCUT2D eigenvalue weighted by molar-refractivity contribution is 5.67. The van der Waals surface area contributed by atoms with Crippen LogP contribution in [0.5, 0.6) is 11.5 Å². The van der Waals surface area contributed by atoms with Crippen LogP contribution in [0.15, 0.2) is 18.2 Å². The molecule has 0 aliphatic carbocycles. The van der Waals surface area contributed by atoms with E-state index in [1.165, 1.54) is 0 Å². The maximum Gasteiger partial charge on any atom is 0.161 e. The van der Waals surface area contributed by atoms with Crippen LogP contribution in [0.4, 0.5) is 0 Å². The van der Waals surface area contributed by atoms with Crippen molar-refractivity contribution < 1.29 is 9.47 Å². The Morgan fingerprint density at radius 1 is 1.24 bits per heavy atom. The lowest BCUT2D eigenvalue weighted by Crippen LogP contribution is -2.32. The minimum Gasteiger partial charge on any atom is -0.493 e. The molecule has 5 heteroatoms. The van der Waals surface area contributed by atoms with Crippen LogP contribution < -0.4 is 15.2 Å². The van der Waals surface area contributed by atoms with E-state index in [1.807, 2.05) is 25.1 Å². The molecule has 1 unspecified atom stereocenters. The maximum atomic E-state index is 6.11. The summed E-state index contributed by atoms with van der Waals surface area (Å²) < 4.78 is 12.9. The van der Waals surface area contributed by atoms with Gasteiger partial charge in [-0.2, -0.15) is 0 Å². The third kappa shape index (κ3) is 2.38. The van der Waals surface area contributed by atoms with Crippen LogP contribution in [0, 0.1) is 6.92 Å². The zero-order chi connectivity index (χ0) is 15.0. The van der Waals surface area contributed by atoms with Crippen LogP contribution in [0.1, 0.15) is 17.9 Å². The molecule has 1 atom stereocenters. The van der Waals surface area contributed by atoms with Gasteiger partial charge >= 0.3 is 0 Å². The summed E-state index contributed by atoms with van der Waals surface area (Å²) in [5.74, 6) is 2.58. The fourth-order valence-electron chi connectivity index (χ4n) is 3.01. The topological polar surface area (TPSA) is 62.3 Å². The Morgan fingerprint density at radius 2 is 2.00 bits per heavy atom. The van der Waals surface area contributed by atoms with E-state index in [0.29, 0.717) is 0 Å². The highest BCUT2D eigenvalue weighted by Gasteiger charge is 2.22. The molecule has 0 saturated heterocycles. The number of rotatable bonds is 3. The summed E-state index contributed by atoms with van der Waals surface area (Å²) in [5, 5.41) is 0. The Kier molecular flexibility index (Phi) is 3.59. The van der Waals surface area contributed by atoms with Crippen LogP contribution >= 0.6 is 0 Å². The van der Waals surface area contributed by atoms with Crippen LogP contribution in [-0.2, 0) is 13.0 Å². The molecule has 0 spiro atoms. The molecule has 0 fully saturated rings. The Balaban J connectivity index is 2.11. The number of imidazole rings is 1. The number of methoxy groups -OCH3 is 2. The quantitative estimate of drug-likeness (QED) is 0.939. The van der Waals surface area contributed by atoms with Crippen LogP contribution in [0.25, 0.3) is 11.3 Å². The Labute approximate surface area is 124 Å². The lowest BCUT2D eigenvalue weighted by Gasteiger charge is -2.22. The summed E-state index contributed by atoms with van der Waals surface area (Å²) in [6.45, 7) is 2.86. The molecule has 2 aromatic rings. The van der Waals surface area contributed by atoms with E-state index in [4.69, 9.17) is 20.2 Å². The summed E-state index contributed by atoms with van der Waals surface area (Å²) in [6, 6.07) is 6.16. The first-order valence-electron chi connectivity index (χ1n) is 7.18. The van der Waals surface area contributed by atoms with Gasteiger partial charge in [0, 0.05) is 24.6 Å². The van der Waals surface area contributed by atoms with Gasteiger partial charge in [0.25, 0.3) is 0 Å². The van der Waals surface area contributed by atoms with Crippen molar-refractivity contribution in [1.82, 2.24) is 9.55 Å². The van der Waals surface area contributed by atoms with E-state index in [9.17, 15) is 0 Å². The monoisotopic (exact) mass is 287 g/mol. The standard InChI is InChI=1S/C16H21N3O2/c1-10-16(19-9-12(17)5-7-15(19)18-10)11-4-6-13(20-2)14(8-11)21-3/h4,6,8,12H,5,7,9,17H2,1-3H3. The number of aromatic nitrogens is 2. The van der Waals surface area contributed by atoms with Crippen LogP contribution in [0.3, 0.4) is 0 Å². The van der Waals surface area contributed by atoms with E-state index in [0.717, 1.165) is 53.7 Å². The Hall–Kier alpha value is -2.01. The smallest absolute Gasteiger partial charge is 0.161 e. The first-order chi connectivity index (χ1) is 10.1. The van der Waals surface area contributed by atoms with Gasteiger partial charge in [0.2, 0.25) is 0 Å². The minimum absolute atomic E-state index is 0.199. The molecular formula is C16H21N3O2. The number of ether oxygens (including phenoxy) is 2. The number of nitrogens with two attached hydrogens (primary N) is 1. The molecule has 112 valence electrons. The van der Waals surface area contributed by atoms with Gasteiger partial charge in [-0.25, -0.2) is 4.98 Å². The number of hydrogen-bond donors (Lipinski definition) is 1. The van der Waals surface area contributed by atoms with Crippen LogP contribution in [-0.4, -0.2) is 29.8 Å². The predicted octanol–water partition coefficient (Wildman–Crippen LogP) is 2.15. The second-order valence-corrected chi connectivity index (χ2v) is 5.44. The maximum absolute atomic E-state index is 6.11. The van der Waals surface area contributed by atoms with Gasteiger partial charge in [-0.15, -0.1) is 0 Å². The molecule has 0 amide bonds. The normalized spacial score (nSPS) is 17.4. The third-order valence-corrected chi connectivity index (χ3v) is 4.03. The molecule has 3 rings (SSSR count). The van der Waals surface area contributed by atoms with Gasteiger partial charge in [0.05, 0.1) is 25.6 Å². The number of hydrogen-bond acceptors (Lipinski definition) is 4. The number of aryl methyl sites for hydroxylation is 2. The molecule has 1 aliphatic heterocycles. The van der Waals surface area contributed by atoms with E-state index in [2.05, 4.69) is 4.57 Å². The van der Waals surface area contributed by atoms with Gasteiger partial charge in [-0.05, 0) is 31.5 Å². The van der Waals surface area contributed by atoms with Gasteiger partial charge in [-0.1, -0.05) is 0 Å². The number of fused-ring (bicyclic) bond motifs is 1. The Morgan fingerprint density at radius 3 is 2.71 bits per heavy atom. The summed E-state index contributed by atoms with van der Waals surface area (Å²) >= 11 is 0. The summed E-state index contributed by atoms with van der Waals surface area (Å²) in [7, 11) is 3.29. The van der Waals surface area contributed by atoms with Crippen LogP contribution in [0.2, 0.25) is 0 Å². The largest absolute Gasteiger partial charge is 0.493 e. The molecule has 2 heterocycles. The number of nitrogens with zero attached hydrogens (tertiary/aromatic N) is 2. The van der Waals surface area contributed by atoms with E-state index in [-0.39, 0.29) is 6.04 Å². The molecule has 1 aromatic heterocycles. The molecular weight excluding hydrogens is 266 g/mol. The van der Waals surface area contributed by atoms with Gasteiger partial charge in [0.15, 0.2) is 11.5 Å². The average Bonchev–Trinajstić information content (AvgIpc) is 2.81. The van der Waals surface area contributed by atoms with Gasteiger partial charge < -0.3 is 19.8 Å². The molecule has 1 aromatic carbocycles. The number of benzene rings is 1. The molecule has 2 N–H and O–H groups in total. The van der Waals surface area contributed by atoms with E-state index < -0.39 is 0 Å². The van der Waals surface area contributed by atoms with Crippen molar-refractivity contribution in [3.8, 4) is 22.8 Å². The van der Waals surface area contributed by atoms with Crippen molar-refractivity contribution in [1.29, 1.82) is 0 Å². The van der Waals surface area contributed by atoms with Crippen molar-refractivity contribution >= 4 is 0 Å². The minimum atomic E-state index is 0.199. The zero-order valence-electron chi connectivity index (χ0n) is 12.7. The highest BCUT2D eigenvalue weighted by Crippen LogP contribution is 2.35. The van der Waals surface area contributed by atoms with Crippen molar-refractivity contribution in [2.45, 2.75) is 32.4 Å². The summed E-state index contributed by atoms with van der Waals surface area (Å²) in [4.78, 5) is 4.70. The second kappa shape index (κ2) is 5.41. The van der Waals surface area contributed by atoms with E-state index in [1.54, 1.807) is 14.2 Å². The highest BCUT2D eigenvalue weighted by atomic mass is 16.5. The first kappa shape index (κ1) is 13.9. The van der Waals surface area contributed by atoms with Gasteiger partial charge in [-0.3, -0.25) is 0 Å². The van der Waals surface area contributed by atoms with E-state index >= 15 is 0 Å².